The van der Waals surface area contributed by atoms with Gasteiger partial charge in [-0.3, -0.25) is 10.1 Å². The third kappa shape index (κ3) is 3.84. The number of rotatable bonds is 5. The van der Waals surface area contributed by atoms with E-state index < -0.39 is 26.5 Å². The van der Waals surface area contributed by atoms with Gasteiger partial charge in [0.2, 0.25) is 15.8 Å². The first-order chi connectivity index (χ1) is 11.1. The summed E-state index contributed by atoms with van der Waals surface area (Å²) in [5.74, 6) is -1.11. The van der Waals surface area contributed by atoms with Gasteiger partial charge in [-0.05, 0) is 29.8 Å². The van der Waals surface area contributed by atoms with Crippen molar-refractivity contribution >= 4 is 38.9 Å². The van der Waals surface area contributed by atoms with E-state index in [4.69, 9.17) is 23.2 Å². The highest BCUT2D eigenvalue weighted by Gasteiger charge is 2.25. The molecule has 0 spiro atoms. The lowest BCUT2D eigenvalue weighted by molar-refractivity contribution is -0.387. The molecule has 0 aromatic heterocycles. The van der Waals surface area contributed by atoms with Crippen molar-refractivity contribution in [2.24, 2.45) is 0 Å². The average Bonchev–Trinajstić information content (AvgIpc) is 2.50. The van der Waals surface area contributed by atoms with E-state index in [1.807, 2.05) is 0 Å². The largest absolute Gasteiger partial charge is 0.306 e. The molecule has 0 aliphatic heterocycles. The van der Waals surface area contributed by atoms with E-state index in [-0.39, 0.29) is 16.5 Å². The Labute approximate surface area is 147 Å². The summed E-state index contributed by atoms with van der Waals surface area (Å²) >= 11 is 11.7. The monoisotopic (exact) mass is 392 g/mol. The predicted molar refractivity (Wildman–Crippen MR) is 88.2 cm³/mol. The van der Waals surface area contributed by atoms with Gasteiger partial charge in [0.15, 0.2) is 0 Å². The molecular formula is C14H11Cl2FN2O4S. The van der Waals surface area contributed by atoms with Crippen LogP contribution in [-0.4, -0.2) is 24.7 Å². The molecule has 0 aliphatic rings. The molecule has 0 atom stereocenters. The standard InChI is InChI=1S/C14H11Cl2FN2O4S/c1-18(8-9-2-4-11(15)12(16)6-9)24(22,23)10-3-5-13(17)14(7-10)19(20)21/h2-7H,8H2,1H3. The average molecular weight is 393 g/mol. The number of nitro benzene ring substituents is 1. The highest BCUT2D eigenvalue weighted by atomic mass is 35.5. The van der Waals surface area contributed by atoms with E-state index in [2.05, 4.69) is 0 Å². The van der Waals surface area contributed by atoms with Crippen molar-refractivity contribution in [3.8, 4) is 0 Å². The summed E-state index contributed by atoms with van der Waals surface area (Å²) in [5.41, 5.74) is -0.328. The van der Waals surface area contributed by atoms with Crippen molar-refractivity contribution in [2.45, 2.75) is 11.4 Å². The Kier molecular flexibility index (Phi) is 5.44. The quantitative estimate of drug-likeness (QED) is 0.571. The summed E-state index contributed by atoms with van der Waals surface area (Å²) < 4.78 is 39.3. The van der Waals surface area contributed by atoms with Crippen LogP contribution in [0, 0.1) is 15.9 Å². The molecule has 0 heterocycles. The first kappa shape index (κ1) is 18.6. The van der Waals surface area contributed by atoms with Gasteiger partial charge in [-0.1, -0.05) is 29.3 Å². The minimum atomic E-state index is -4.05. The molecule has 0 saturated carbocycles. The maximum Gasteiger partial charge on any atom is 0.306 e. The van der Waals surface area contributed by atoms with Crippen LogP contribution in [-0.2, 0) is 16.6 Å². The highest BCUT2D eigenvalue weighted by molar-refractivity contribution is 7.89. The highest BCUT2D eigenvalue weighted by Crippen LogP contribution is 2.26. The van der Waals surface area contributed by atoms with Crippen LogP contribution in [0.15, 0.2) is 41.3 Å². The molecule has 0 radical (unpaired) electrons. The first-order valence-corrected chi connectivity index (χ1v) is 8.66. The summed E-state index contributed by atoms with van der Waals surface area (Å²) in [4.78, 5) is 9.41. The van der Waals surface area contributed by atoms with E-state index in [9.17, 15) is 22.9 Å². The first-order valence-electron chi connectivity index (χ1n) is 6.47. The summed E-state index contributed by atoms with van der Waals surface area (Å²) in [6.07, 6.45) is 0. The van der Waals surface area contributed by atoms with Crippen LogP contribution < -0.4 is 0 Å². The molecule has 2 aromatic rings. The van der Waals surface area contributed by atoms with Gasteiger partial charge in [0.25, 0.3) is 0 Å². The maximum absolute atomic E-state index is 13.4. The van der Waals surface area contributed by atoms with Crippen molar-refractivity contribution in [1.29, 1.82) is 0 Å². The second-order valence-electron chi connectivity index (χ2n) is 4.88. The van der Waals surface area contributed by atoms with Gasteiger partial charge in [0, 0.05) is 19.7 Å². The zero-order chi connectivity index (χ0) is 18.1. The normalized spacial score (nSPS) is 11.7. The second-order valence-corrected chi connectivity index (χ2v) is 7.74. The van der Waals surface area contributed by atoms with Gasteiger partial charge in [-0.2, -0.15) is 8.70 Å². The molecule has 2 aromatic carbocycles. The molecule has 0 amide bonds. The van der Waals surface area contributed by atoms with Gasteiger partial charge in [0.05, 0.1) is 19.9 Å². The number of nitrogens with zero attached hydrogens (tertiary/aromatic N) is 2. The number of benzene rings is 2. The van der Waals surface area contributed by atoms with Crippen molar-refractivity contribution in [2.75, 3.05) is 7.05 Å². The van der Waals surface area contributed by atoms with Crippen LogP contribution in [0.4, 0.5) is 10.1 Å². The lowest BCUT2D eigenvalue weighted by Gasteiger charge is -2.17. The number of nitro groups is 1. The molecular weight excluding hydrogens is 382 g/mol. The van der Waals surface area contributed by atoms with E-state index in [1.54, 1.807) is 6.07 Å². The third-order valence-electron chi connectivity index (χ3n) is 3.21. The Morgan fingerprint density at radius 1 is 1.17 bits per heavy atom. The Hall–Kier alpha value is -1.74. The molecule has 0 N–H and O–H groups in total. The van der Waals surface area contributed by atoms with Crippen LogP contribution in [0.3, 0.4) is 0 Å². The summed E-state index contributed by atoms with van der Waals surface area (Å²) in [5, 5.41) is 11.4. The topological polar surface area (TPSA) is 80.5 Å². The van der Waals surface area contributed by atoms with Crippen molar-refractivity contribution < 1.29 is 17.7 Å². The molecule has 2 rings (SSSR count). The summed E-state index contributed by atoms with van der Waals surface area (Å²) in [7, 11) is -2.75. The minimum absolute atomic E-state index is 0.0373. The zero-order valence-electron chi connectivity index (χ0n) is 12.2. The smallest absolute Gasteiger partial charge is 0.258 e. The van der Waals surface area contributed by atoms with E-state index in [0.29, 0.717) is 16.7 Å². The van der Waals surface area contributed by atoms with Crippen molar-refractivity contribution in [3.05, 3.63) is 67.9 Å². The Morgan fingerprint density at radius 3 is 2.42 bits per heavy atom. The fourth-order valence-electron chi connectivity index (χ4n) is 1.95. The SMILES string of the molecule is CN(Cc1ccc(Cl)c(Cl)c1)S(=O)(=O)c1ccc(F)c([N+](=O)[O-])c1. The van der Waals surface area contributed by atoms with Gasteiger partial charge in [-0.15, -0.1) is 0 Å². The molecule has 10 heteroatoms. The van der Waals surface area contributed by atoms with Crippen LogP contribution >= 0.6 is 23.2 Å². The van der Waals surface area contributed by atoms with Crippen molar-refractivity contribution in [1.82, 2.24) is 4.31 Å². The molecule has 0 bridgehead atoms. The van der Waals surface area contributed by atoms with Crippen LogP contribution in [0.25, 0.3) is 0 Å². The van der Waals surface area contributed by atoms with Gasteiger partial charge in [0.1, 0.15) is 0 Å². The Bertz CT molecular complexity index is 906. The molecule has 0 unspecified atom stereocenters. The Balaban J connectivity index is 2.34. The number of sulfonamides is 1. The van der Waals surface area contributed by atoms with Crippen LogP contribution in [0.2, 0.25) is 10.0 Å². The van der Waals surface area contributed by atoms with Crippen molar-refractivity contribution in [3.63, 3.8) is 0 Å². The van der Waals surface area contributed by atoms with E-state index >= 15 is 0 Å². The predicted octanol–water partition coefficient (Wildman–Crippen LogP) is 3.86. The second kappa shape index (κ2) is 7.02. The number of hydrogen-bond donors (Lipinski definition) is 0. The fourth-order valence-corrected chi connectivity index (χ4v) is 3.45. The minimum Gasteiger partial charge on any atom is -0.258 e. The molecule has 128 valence electrons. The van der Waals surface area contributed by atoms with E-state index in [1.165, 1.54) is 19.2 Å². The number of halogens is 3. The fraction of sp³-hybridized carbons (Fsp3) is 0.143. The molecule has 0 fully saturated rings. The lowest BCUT2D eigenvalue weighted by atomic mass is 10.2. The molecule has 0 aliphatic carbocycles. The molecule has 6 nitrogen and oxygen atoms in total. The lowest BCUT2D eigenvalue weighted by Crippen LogP contribution is -2.26. The molecule has 24 heavy (non-hydrogen) atoms. The van der Waals surface area contributed by atoms with Crippen LogP contribution in [0.1, 0.15) is 5.56 Å². The zero-order valence-corrected chi connectivity index (χ0v) is 14.6. The molecule has 0 saturated heterocycles. The summed E-state index contributed by atoms with van der Waals surface area (Å²) in [6, 6.07) is 7.07. The van der Waals surface area contributed by atoms with Crippen LogP contribution in [0.5, 0.6) is 0 Å². The van der Waals surface area contributed by atoms with Gasteiger partial charge in [-0.25, -0.2) is 8.42 Å². The van der Waals surface area contributed by atoms with Gasteiger partial charge >= 0.3 is 5.69 Å². The third-order valence-corrected chi connectivity index (χ3v) is 5.75. The Morgan fingerprint density at radius 2 is 1.83 bits per heavy atom. The van der Waals surface area contributed by atoms with Gasteiger partial charge < -0.3 is 0 Å². The maximum atomic E-state index is 13.4. The number of hydrogen-bond acceptors (Lipinski definition) is 4. The van der Waals surface area contributed by atoms with E-state index in [0.717, 1.165) is 16.4 Å². The summed E-state index contributed by atoms with van der Waals surface area (Å²) in [6.45, 7) is -0.0373.